The van der Waals surface area contributed by atoms with Crippen molar-refractivity contribution in [3.63, 3.8) is 0 Å². The van der Waals surface area contributed by atoms with E-state index in [1.165, 1.54) is 58.2 Å². The molecule has 2 aliphatic rings. The first kappa shape index (κ1) is 10.4. The van der Waals surface area contributed by atoms with E-state index in [2.05, 4.69) is 17.3 Å². The fourth-order valence-corrected chi connectivity index (χ4v) is 3.13. The molecule has 82 valence electrons. The number of likely N-dealkylation sites (tertiary alicyclic amines) is 1. The lowest BCUT2D eigenvalue weighted by atomic mass is 10.1. The smallest absolute Gasteiger partial charge is 0.0221 e. The molecule has 0 radical (unpaired) electrons. The standard InChI is InChI=1S/C12H24N2/c1-13-9-12-7-4-8-14(12)10-11-5-2-3-6-11/h11-13H,2-10H2,1H3. The Morgan fingerprint density at radius 3 is 2.64 bits per heavy atom. The van der Waals surface area contributed by atoms with Crippen LogP contribution in [0.25, 0.3) is 0 Å². The Kier molecular flexibility index (Phi) is 3.82. The highest BCUT2D eigenvalue weighted by Gasteiger charge is 2.27. The molecule has 1 unspecified atom stereocenters. The summed E-state index contributed by atoms with van der Waals surface area (Å²) < 4.78 is 0. The maximum atomic E-state index is 3.32. The van der Waals surface area contributed by atoms with Crippen molar-refractivity contribution in [2.24, 2.45) is 5.92 Å². The van der Waals surface area contributed by atoms with E-state index in [9.17, 15) is 0 Å². The van der Waals surface area contributed by atoms with Gasteiger partial charge in [0.25, 0.3) is 0 Å². The molecule has 0 spiro atoms. The van der Waals surface area contributed by atoms with Gasteiger partial charge in [-0.25, -0.2) is 0 Å². The third kappa shape index (κ3) is 2.48. The van der Waals surface area contributed by atoms with Gasteiger partial charge in [0.2, 0.25) is 0 Å². The van der Waals surface area contributed by atoms with Crippen molar-refractivity contribution >= 4 is 0 Å². The lowest BCUT2D eigenvalue weighted by Gasteiger charge is -2.27. The van der Waals surface area contributed by atoms with Crippen LogP contribution in [0.4, 0.5) is 0 Å². The number of likely N-dealkylation sites (N-methyl/N-ethyl adjacent to an activating group) is 1. The Morgan fingerprint density at radius 2 is 1.93 bits per heavy atom. The molecule has 0 amide bonds. The van der Waals surface area contributed by atoms with Crippen LogP contribution >= 0.6 is 0 Å². The van der Waals surface area contributed by atoms with Crippen molar-refractivity contribution in [2.75, 3.05) is 26.7 Å². The molecule has 1 aliphatic heterocycles. The maximum Gasteiger partial charge on any atom is 0.0221 e. The number of nitrogens with one attached hydrogen (secondary N) is 1. The molecule has 1 atom stereocenters. The van der Waals surface area contributed by atoms with Gasteiger partial charge in [0.05, 0.1) is 0 Å². The summed E-state index contributed by atoms with van der Waals surface area (Å²) in [6.45, 7) is 3.92. The Balaban J connectivity index is 1.77. The first-order chi connectivity index (χ1) is 6.90. The van der Waals surface area contributed by atoms with Crippen LogP contribution in [0.5, 0.6) is 0 Å². The van der Waals surface area contributed by atoms with Gasteiger partial charge in [0.15, 0.2) is 0 Å². The highest BCUT2D eigenvalue weighted by Crippen LogP contribution is 2.28. The predicted molar refractivity (Wildman–Crippen MR) is 60.5 cm³/mol. The molecule has 0 aromatic carbocycles. The van der Waals surface area contributed by atoms with Crippen molar-refractivity contribution in [3.05, 3.63) is 0 Å². The van der Waals surface area contributed by atoms with Gasteiger partial charge in [-0.15, -0.1) is 0 Å². The second-order valence-electron chi connectivity index (χ2n) is 5.00. The van der Waals surface area contributed by atoms with E-state index in [1.807, 2.05) is 0 Å². The average molecular weight is 196 g/mol. The minimum atomic E-state index is 0.834. The normalized spacial score (nSPS) is 30.2. The third-order valence-electron chi connectivity index (χ3n) is 3.91. The van der Waals surface area contributed by atoms with Crippen LogP contribution in [0.3, 0.4) is 0 Å². The largest absolute Gasteiger partial charge is 0.318 e. The number of hydrogen-bond donors (Lipinski definition) is 1. The molecule has 14 heavy (non-hydrogen) atoms. The minimum Gasteiger partial charge on any atom is -0.318 e. The summed E-state index contributed by atoms with van der Waals surface area (Å²) in [6, 6.07) is 0.834. The van der Waals surface area contributed by atoms with Gasteiger partial charge in [-0.3, -0.25) is 4.90 Å². The summed E-state index contributed by atoms with van der Waals surface area (Å²) >= 11 is 0. The van der Waals surface area contributed by atoms with Crippen molar-refractivity contribution in [1.82, 2.24) is 10.2 Å². The predicted octanol–water partition coefficient (Wildman–Crippen LogP) is 1.86. The van der Waals surface area contributed by atoms with Crippen LogP contribution in [0, 0.1) is 5.92 Å². The summed E-state index contributed by atoms with van der Waals surface area (Å²) in [6.07, 6.45) is 8.77. The van der Waals surface area contributed by atoms with E-state index in [0.29, 0.717) is 0 Å². The molecule has 0 aromatic heterocycles. The Morgan fingerprint density at radius 1 is 1.14 bits per heavy atom. The van der Waals surface area contributed by atoms with Crippen molar-refractivity contribution < 1.29 is 0 Å². The third-order valence-corrected chi connectivity index (χ3v) is 3.91. The summed E-state index contributed by atoms with van der Waals surface area (Å²) in [7, 11) is 2.08. The van der Waals surface area contributed by atoms with E-state index in [1.54, 1.807) is 0 Å². The molecule has 1 saturated carbocycles. The van der Waals surface area contributed by atoms with E-state index in [0.717, 1.165) is 12.0 Å². The lowest BCUT2D eigenvalue weighted by molar-refractivity contribution is 0.213. The van der Waals surface area contributed by atoms with Gasteiger partial charge < -0.3 is 5.32 Å². The van der Waals surface area contributed by atoms with Crippen LogP contribution in [-0.2, 0) is 0 Å². The zero-order valence-electron chi connectivity index (χ0n) is 9.47. The SMILES string of the molecule is CNCC1CCCN1CC1CCCC1. The van der Waals surface area contributed by atoms with Crippen molar-refractivity contribution in [2.45, 2.75) is 44.6 Å². The molecule has 1 N–H and O–H groups in total. The van der Waals surface area contributed by atoms with Gasteiger partial charge in [-0.05, 0) is 45.2 Å². The first-order valence-electron chi connectivity index (χ1n) is 6.29. The molecular weight excluding hydrogens is 172 g/mol. The second kappa shape index (κ2) is 5.13. The zero-order valence-corrected chi connectivity index (χ0v) is 9.47. The van der Waals surface area contributed by atoms with Crippen LogP contribution < -0.4 is 5.32 Å². The van der Waals surface area contributed by atoms with E-state index in [-0.39, 0.29) is 0 Å². The molecule has 2 fully saturated rings. The molecule has 1 heterocycles. The van der Waals surface area contributed by atoms with Gasteiger partial charge >= 0.3 is 0 Å². The highest BCUT2D eigenvalue weighted by atomic mass is 15.2. The van der Waals surface area contributed by atoms with Crippen LogP contribution in [0.2, 0.25) is 0 Å². The summed E-state index contributed by atoms with van der Waals surface area (Å²) in [5.74, 6) is 1.02. The number of rotatable bonds is 4. The summed E-state index contributed by atoms with van der Waals surface area (Å²) in [5.41, 5.74) is 0. The van der Waals surface area contributed by atoms with Crippen LogP contribution in [0.15, 0.2) is 0 Å². The second-order valence-corrected chi connectivity index (χ2v) is 5.00. The summed E-state index contributed by atoms with van der Waals surface area (Å²) in [4.78, 5) is 2.73. The van der Waals surface area contributed by atoms with E-state index < -0.39 is 0 Å². The molecule has 1 aliphatic carbocycles. The Labute approximate surface area is 88.1 Å². The first-order valence-corrected chi connectivity index (χ1v) is 6.29. The average Bonchev–Trinajstić information content (AvgIpc) is 2.80. The molecule has 2 heteroatoms. The molecule has 0 aromatic rings. The Bertz CT molecular complexity index is 164. The van der Waals surface area contributed by atoms with Crippen LogP contribution in [-0.4, -0.2) is 37.6 Å². The van der Waals surface area contributed by atoms with E-state index >= 15 is 0 Å². The van der Waals surface area contributed by atoms with Gasteiger partial charge in [0, 0.05) is 19.1 Å². The molecule has 2 nitrogen and oxygen atoms in total. The minimum absolute atomic E-state index is 0.834. The van der Waals surface area contributed by atoms with Gasteiger partial charge in [-0.1, -0.05) is 12.8 Å². The van der Waals surface area contributed by atoms with Crippen molar-refractivity contribution in [3.8, 4) is 0 Å². The maximum absolute atomic E-state index is 3.32. The van der Waals surface area contributed by atoms with Gasteiger partial charge in [0.1, 0.15) is 0 Å². The topological polar surface area (TPSA) is 15.3 Å². The van der Waals surface area contributed by atoms with Gasteiger partial charge in [-0.2, -0.15) is 0 Å². The molecule has 0 bridgehead atoms. The van der Waals surface area contributed by atoms with Crippen molar-refractivity contribution in [1.29, 1.82) is 0 Å². The molecular formula is C12H24N2. The monoisotopic (exact) mass is 196 g/mol. The Hall–Kier alpha value is -0.0800. The summed E-state index contributed by atoms with van der Waals surface area (Å²) in [5, 5.41) is 3.32. The number of hydrogen-bond acceptors (Lipinski definition) is 2. The highest BCUT2D eigenvalue weighted by molar-refractivity contribution is 4.83. The fourth-order valence-electron chi connectivity index (χ4n) is 3.13. The van der Waals surface area contributed by atoms with E-state index in [4.69, 9.17) is 0 Å². The lowest BCUT2D eigenvalue weighted by Crippen LogP contribution is -2.39. The zero-order chi connectivity index (χ0) is 9.80. The van der Waals surface area contributed by atoms with Crippen LogP contribution in [0.1, 0.15) is 38.5 Å². The fraction of sp³-hybridized carbons (Fsp3) is 1.00. The number of nitrogens with zero attached hydrogens (tertiary/aromatic N) is 1. The molecule has 1 saturated heterocycles. The molecule has 2 rings (SSSR count). The quantitative estimate of drug-likeness (QED) is 0.738.